The first-order valence-corrected chi connectivity index (χ1v) is 15.1. The van der Waals surface area contributed by atoms with E-state index in [0.717, 1.165) is 11.6 Å². The van der Waals surface area contributed by atoms with Gasteiger partial charge in [-0.25, -0.2) is 9.80 Å². The second-order valence-corrected chi connectivity index (χ2v) is 9.43. The molecule has 0 aliphatic carbocycles. The van der Waals surface area contributed by atoms with E-state index < -0.39 is 29.4 Å². The third-order valence-corrected chi connectivity index (χ3v) is 5.77. The van der Waals surface area contributed by atoms with Gasteiger partial charge >= 0.3 is 0 Å². The Morgan fingerprint density at radius 2 is 0.768 bits per heavy atom. The molecule has 0 N–H and O–H groups in total. The van der Waals surface area contributed by atoms with Gasteiger partial charge < -0.3 is 0 Å². The van der Waals surface area contributed by atoms with Crippen molar-refractivity contribution in [2.24, 2.45) is 0 Å². The van der Waals surface area contributed by atoms with Gasteiger partial charge in [0.25, 0.3) is 23.6 Å². The first-order chi connectivity index (χ1) is 27.4. The molecular formula is C50H12N2O4. The number of imide groups is 2. The zero-order chi connectivity index (χ0) is 40.2. The van der Waals surface area contributed by atoms with Gasteiger partial charge in [0.05, 0.1) is 11.1 Å². The van der Waals surface area contributed by atoms with Crippen molar-refractivity contribution < 1.29 is 19.2 Å². The zero-order valence-corrected chi connectivity index (χ0v) is 29.0. The van der Waals surface area contributed by atoms with Crippen molar-refractivity contribution in [2.45, 2.75) is 13.8 Å². The van der Waals surface area contributed by atoms with Crippen molar-refractivity contribution in [1.82, 2.24) is 9.80 Å². The number of aryl methyl sites for hydroxylation is 1. The number of hydrogen-bond acceptors (Lipinski definition) is 4. The maximum absolute atomic E-state index is 13.2. The Morgan fingerprint density at radius 3 is 1.11 bits per heavy atom. The number of benzene rings is 1. The molecule has 0 unspecified atom stereocenters. The molecule has 4 amide bonds. The molecule has 6 heteroatoms. The lowest BCUT2D eigenvalue weighted by molar-refractivity contribution is -0.135. The summed E-state index contributed by atoms with van der Waals surface area (Å²) in [5.74, 6) is -3.32. The third kappa shape index (κ3) is 13.1. The van der Waals surface area contributed by atoms with Crippen LogP contribution in [0.25, 0.3) is 0 Å². The SMILES string of the molecule is C=C=C=C=C=C=C=C=C=C=C=C=C=C=C=C=C=C=C=C=C=C=C=C=C=C=C=C=C=C=C=C=C=C=C=C(N1C(=O)C=C(C)C1=O)N1C(=O)c2ccc(C)cc2C1=O. The predicted octanol–water partition coefficient (Wildman–Crippen LogP) is 6.65. The summed E-state index contributed by atoms with van der Waals surface area (Å²) in [6.07, 6.45) is 1.09. The molecule has 0 aromatic heterocycles. The molecule has 0 saturated heterocycles. The Bertz CT molecular complexity index is 3490. The van der Waals surface area contributed by atoms with E-state index in [1.54, 1.807) is 19.1 Å². The van der Waals surface area contributed by atoms with Crippen LogP contribution in [-0.2, 0) is 9.59 Å². The number of rotatable bonds is 2. The van der Waals surface area contributed by atoms with Crippen molar-refractivity contribution in [3.05, 3.63) is 254 Å². The average molecular weight is 705 g/mol. The lowest BCUT2D eigenvalue weighted by Gasteiger charge is -2.22. The fourth-order valence-electron chi connectivity index (χ4n) is 3.62. The highest BCUT2D eigenvalue weighted by molar-refractivity contribution is 6.24. The first kappa shape index (κ1) is 39.9. The van der Waals surface area contributed by atoms with Crippen molar-refractivity contribution in [3.8, 4) is 0 Å². The van der Waals surface area contributed by atoms with Gasteiger partial charge in [-0.1, -0.05) is 17.4 Å². The topological polar surface area (TPSA) is 74.8 Å². The van der Waals surface area contributed by atoms with E-state index in [1.807, 2.05) is 0 Å². The fraction of sp³-hybridized carbons (Fsp3) is 0.0400. The minimum absolute atomic E-state index is 0.124. The fourth-order valence-corrected chi connectivity index (χ4v) is 3.62. The zero-order valence-electron chi connectivity index (χ0n) is 29.0. The van der Waals surface area contributed by atoms with Crippen LogP contribution in [0.4, 0.5) is 0 Å². The molecule has 0 atom stereocenters. The molecule has 246 valence electrons. The van der Waals surface area contributed by atoms with Crippen LogP contribution in [0.15, 0.2) is 237 Å². The van der Waals surface area contributed by atoms with Crippen LogP contribution >= 0.6 is 0 Å². The van der Waals surface area contributed by atoms with Gasteiger partial charge in [0, 0.05) is 103 Å². The Kier molecular flexibility index (Phi) is 16.4. The monoisotopic (exact) mass is 704 g/mol. The average Bonchev–Trinajstić information content (AvgIpc) is 3.58. The molecule has 56 heavy (non-hydrogen) atoms. The molecule has 2 aliphatic rings. The second kappa shape index (κ2) is 23.0. The molecule has 1 aromatic carbocycles. The number of carbonyl (C=O) groups excluding carboxylic acids is 4. The molecule has 3 rings (SSSR count). The number of nitrogens with zero attached hydrogens (tertiary/aromatic N) is 2. The highest BCUT2D eigenvalue weighted by atomic mass is 16.2. The van der Waals surface area contributed by atoms with Crippen LogP contribution in [-0.4, -0.2) is 33.4 Å². The summed E-state index contributed by atoms with van der Waals surface area (Å²) in [7, 11) is 0. The van der Waals surface area contributed by atoms with Gasteiger partial charge in [-0.05, 0) is 130 Å². The van der Waals surface area contributed by atoms with E-state index in [-0.39, 0.29) is 16.7 Å². The number of carbonyl (C=O) groups is 4. The van der Waals surface area contributed by atoms with Crippen molar-refractivity contribution in [2.75, 3.05) is 0 Å². The van der Waals surface area contributed by atoms with Crippen molar-refractivity contribution in [3.63, 3.8) is 0 Å². The summed E-state index contributed by atoms with van der Waals surface area (Å²) in [5.41, 5.74) is 85.1. The van der Waals surface area contributed by atoms with Crippen LogP contribution in [0.3, 0.4) is 0 Å². The van der Waals surface area contributed by atoms with Crippen LogP contribution < -0.4 is 0 Å². The Balaban J connectivity index is 1.91. The van der Waals surface area contributed by atoms with Gasteiger partial charge in [-0.15, -0.1) is 0 Å². The molecule has 0 bridgehead atoms. The summed E-state index contributed by atoms with van der Waals surface area (Å²) in [4.78, 5) is 52.9. The second-order valence-electron chi connectivity index (χ2n) is 9.43. The van der Waals surface area contributed by atoms with Crippen molar-refractivity contribution in [1.29, 1.82) is 0 Å². The summed E-state index contributed by atoms with van der Waals surface area (Å²) in [6, 6.07) is 4.72. The molecule has 0 radical (unpaired) electrons. The smallest absolute Gasteiger partial charge is 0.267 e. The summed E-state index contributed by atoms with van der Waals surface area (Å²) in [6.45, 7) is 6.51. The highest BCUT2D eigenvalue weighted by Gasteiger charge is 2.44. The molecule has 0 saturated carbocycles. The normalized spacial score (nSPS) is 9.21. The van der Waals surface area contributed by atoms with Crippen LogP contribution in [0.1, 0.15) is 33.2 Å². The largest absolute Gasteiger partial charge is 0.269 e. The molecule has 0 spiro atoms. The van der Waals surface area contributed by atoms with Gasteiger partial charge in [-0.2, -0.15) is 0 Å². The van der Waals surface area contributed by atoms with Crippen LogP contribution in [0.5, 0.6) is 0 Å². The van der Waals surface area contributed by atoms with Gasteiger partial charge in [0.2, 0.25) is 0 Å². The molecule has 0 fully saturated rings. The van der Waals surface area contributed by atoms with E-state index in [2.05, 4.69) is 201 Å². The van der Waals surface area contributed by atoms with Crippen molar-refractivity contribution >= 4 is 23.6 Å². The summed E-state index contributed by atoms with van der Waals surface area (Å²) < 4.78 is 0. The lowest BCUT2D eigenvalue weighted by Crippen LogP contribution is -2.41. The molecule has 6 nitrogen and oxygen atoms in total. The Hall–Kier alpha value is -10.5. The maximum Gasteiger partial charge on any atom is 0.267 e. The Labute approximate surface area is 319 Å². The van der Waals surface area contributed by atoms with Crippen LogP contribution in [0, 0.1) is 6.92 Å². The minimum atomic E-state index is -0.743. The van der Waals surface area contributed by atoms with E-state index in [1.165, 1.54) is 13.0 Å². The number of fused-ring (bicyclic) bond motifs is 1. The summed E-state index contributed by atoms with van der Waals surface area (Å²) >= 11 is 0. The van der Waals surface area contributed by atoms with Crippen LogP contribution in [0.2, 0.25) is 0 Å². The standard InChI is InChI=1S/C50H12N2O4/c1-4-5-6-7-8-9-10-11-12-13-14-15-16-17-18-19-20-21-22-23-24-25-26-27-28-29-30-31-32-33-34-35-36-37-46(51-47(53)41-43(3)48(51)54)52-49(55)44-39-38-42(2)40-45(44)50(52)56/h38-41H,1H2,2-3H3. The van der Waals surface area contributed by atoms with Gasteiger partial charge in [-0.3, -0.25) is 19.2 Å². The van der Waals surface area contributed by atoms with Gasteiger partial charge in [0.15, 0.2) is 5.82 Å². The minimum Gasteiger partial charge on any atom is -0.269 e. The predicted molar refractivity (Wildman–Crippen MR) is 196 cm³/mol. The van der Waals surface area contributed by atoms with E-state index in [9.17, 15) is 19.2 Å². The Morgan fingerprint density at radius 1 is 0.429 bits per heavy atom. The first-order valence-electron chi connectivity index (χ1n) is 15.1. The third-order valence-electron chi connectivity index (χ3n) is 5.77. The van der Waals surface area contributed by atoms with E-state index in [0.29, 0.717) is 9.80 Å². The quantitative estimate of drug-likeness (QED) is 0.256. The number of amides is 4. The molecule has 2 heterocycles. The van der Waals surface area contributed by atoms with Gasteiger partial charge in [0.1, 0.15) is 0 Å². The molecular weight excluding hydrogens is 693 g/mol. The van der Waals surface area contributed by atoms with E-state index >= 15 is 0 Å². The number of hydrogen-bond donors (Lipinski definition) is 0. The van der Waals surface area contributed by atoms with E-state index in [4.69, 9.17) is 0 Å². The summed E-state index contributed by atoms with van der Waals surface area (Å²) in [5, 5.41) is 0. The molecule has 1 aromatic rings. The maximum atomic E-state index is 13.2. The highest BCUT2D eigenvalue weighted by Crippen LogP contribution is 2.30. The lowest BCUT2D eigenvalue weighted by atomic mass is 10.1. The molecule has 2 aliphatic heterocycles.